The fourth-order valence-corrected chi connectivity index (χ4v) is 6.62. The molecule has 1 aromatic carbocycles. The second-order valence-corrected chi connectivity index (χ2v) is 11.9. The molecule has 0 radical (unpaired) electrons. The van der Waals surface area contributed by atoms with Gasteiger partial charge in [-0.15, -0.1) is 0 Å². The molecular formula is C27H41BN2O5. The quantitative estimate of drug-likeness (QED) is 0.517. The Bertz CT molecular complexity index is 953. The Morgan fingerprint density at radius 1 is 1.20 bits per heavy atom. The van der Waals surface area contributed by atoms with Crippen molar-refractivity contribution in [3.63, 3.8) is 0 Å². The summed E-state index contributed by atoms with van der Waals surface area (Å²) in [6.45, 7) is 12.6. The van der Waals surface area contributed by atoms with Crippen LogP contribution in [0.4, 0.5) is 0 Å². The van der Waals surface area contributed by atoms with Crippen LogP contribution in [0, 0.1) is 23.2 Å². The summed E-state index contributed by atoms with van der Waals surface area (Å²) in [7, 11) is 1.13. The summed E-state index contributed by atoms with van der Waals surface area (Å²) in [5, 5.41) is 6.11. The van der Waals surface area contributed by atoms with E-state index in [0.29, 0.717) is 23.5 Å². The van der Waals surface area contributed by atoms with Gasteiger partial charge in [-0.05, 0) is 67.1 Å². The maximum absolute atomic E-state index is 13.3. The van der Waals surface area contributed by atoms with E-state index >= 15 is 0 Å². The third-order valence-corrected chi connectivity index (χ3v) is 8.63. The van der Waals surface area contributed by atoms with Gasteiger partial charge in [0.1, 0.15) is 5.75 Å². The van der Waals surface area contributed by atoms with Gasteiger partial charge in [-0.3, -0.25) is 9.59 Å². The lowest BCUT2D eigenvalue weighted by Crippen LogP contribution is -2.65. The highest BCUT2D eigenvalue weighted by Crippen LogP contribution is 2.65. The average molecular weight is 484 g/mol. The number of rotatable bonds is 9. The van der Waals surface area contributed by atoms with Gasteiger partial charge >= 0.3 is 7.12 Å². The van der Waals surface area contributed by atoms with Crippen LogP contribution < -0.4 is 15.4 Å². The molecule has 5 rings (SSSR count). The molecule has 0 aromatic heterocycles. The van der Waals surface area contributed by atoms with Crippen molar-refractivity contribution < 1.29 is 23.6 Å². The van der Waals surface area contributed by atoms with E-state index in [4.69, 9.17) is 14.0 Å². The van der Waals surface area contributed by atoms with Crippen LogP contribution in [0.5, 0.6) is 5.75 Å². The number of nitrogens with one attached hydrogen (secondary N) is 2. The zero-order chi connectivity index (χ0) is 25.5. The van der Waals surface area contributed by atoms with E-state index in [-0.39, 0.29) is 41.3 Å². The lowest BCUT2D eigenvalue weighted by molar-refractivity contribution is -0.199. The Hall–Kier alpha value is -2.06. The molecule has 8 heteroatoms. The van der Waals surface area contributed by atoms with E-state index in [9.17, 15) is 9.59 Å². The summed E-state index contributed by atoms with van der Waals surface area (Å²) < 4.78 is 18.5. The van der Waals surface area contributed by atoms with Gasteiger partial charge in [0.2, 0.25) is 11.8 Å². The lowest BCUT2D eigenvalue weighted by Gasteiger charge is -2.64. The van der Waals surface area contributed by atoms with E-state index < -0.39 is 13.2 Å². The first-order valence-corrected chi connectivity index (χ1v) is 13.0. The summed E-state index contributed by atoms with van der Waals surface area (Å²) in [6, 6.07) is 6.98. The number of carbonyl (C=O) groups is 2. The first-order chi connectivity index (χ1) is 16.4. The average Bonchev–Trinajstić information content (AvgIpc) is 3.14. The molecule has 0 spiro atoms. The molecular weight excluding hydrogens is 443 g/mol. The van der Waals surface area contributed by atoms with Gasteiger partial charge in [-0.2, -0.15) is 0 Å². The molecule has 4 aliphatic rings. The van der Waals surface area contributed by atoms with Gasteiger partial charge in [0.15, 0.2) is 0 Å². The maximum Gasteiger partial charge on any atom is 0.481 e. The Kier molecular flexibility index (Phi) is 7.27. The van der Waals surface area contributed by atoms with E-state index in [2.05, 4.69) is 45.3 Å². The van der Waals surface area contributed by atoms with E-state index in [0.717, 1.165) is 18.4 Å². The number of hydrogen-bond acceptors (Lipinski definition) is 5. The number of amides is 2. The van der Waals surface area contributed by atoms with E-state index in [1.807, 2.05) is 24.3 Å². The molecule has 2 bridgehead atoms. The number of carbonyl (C=O) groups excluding carboxylic acids is 2. The number of methoxy groups -OCH3 is 1. The van der Waals surface area contributed by atoms with E-state index in [1.54, 1.807) is 7.11 Å². The molecule has 3 saturated carbocycles. The minimum Gasteiger partial charge on any atom is -0.497 e. The van der Waals surface area contributed by atoms with Gasteiger partial charge in [-0.25, -0.2) is 0 Å². The molecule has 6 atom stereocenters. The summed E-state index contributed by atoms with van der Waals surface area (Å²) in [5.41, 5.74) is 0.772. The summed E-state index contributed by atoms with van der Waals surface area (Å²) in [6.07, 6.45) is 3.14. The summed E-state index contributed by atoms with van der Waals surface area (Å²) in [4.78, 5) is 25.2. The normalized spacial score (nSPS) is 30.2. The predicted octanol–water partition coefficient (Wildman–Crippen LogP) is 4.06. The minimum atomic E-state index is -0.470. The van der Waals surface area contributed by atoms with Crippen LogP contribution in [0.2, 0.25) is 0 Å². The lowest BCUT2D eigenvalue weighted by atomic mass is 9.43. The Labute approximate surface area is 210 Å². The standard InChI is InChI=1S/C27H41BN2O5/c1-16(2)11-24(28-34-23-14-19-13-22(26(19,4)5)27(23,6)35-28)30-25(32)15-21(29-17(3)31)18-9-8-10-20(12-18)33-7/h8-10,12,16,19,21-24H,11,13-15H2,1-7H3,(H,29,31)(H,30,32)/t19-,21?,22-,23+,24-,27-/m0/s1. The van der Waals surface area contributed by atoms with Crippen LogP contribution in [0.3, 0.4) is 0 Å². The SMILES string of the molecule is COc1cccc(C(CC(=O)N[C@@H](CC(C)C)B2O[C@@H]3C[C@@H]4C[C@@H](C4(C)C)[C@]3(C)O2)NC(C)=O)c1. The highest BCUT2D eigenvalue weighted by atomic mass is 16.7. The number of benzene rings is 1. The molecule has 35 heavy (non-hydrogen) atoms. The molecule has 1 saturated heterocycles. The molecule has 1 aliphatic heterocycles. The molecule has 2 amide bonds. The van der Waals surface area contributed by atoms with Crippen LogP contribution in [-0.4, -0.2) is 43.7 Å². The highest BCUT2D eigenvalue weighted by Gasteiger charge is 2.68. The van der Waals surface area contributed by atoms with Crippen molar-refractivity contribution in [3.05, 3.63) is 29.8 Å². The van der Waals surface area contributed by atoms with Crippen molar-refractivity contribution in [3.8, 4) is 5.75 Å². The topological polar surface area (TPSA) is 85.9 Å². The third-order valence-electron chi connectivity index (χ3n) is 8.63. The number of ether oxygens (including phenoxy) is 1. The Morgan fingerprint density at radius 3 is 2.57 bits per heavy atom. The first-order valence-electron chi connectivity index (χ1n) is 13.0. The monoisotopic (exact) mass is 484 g/mol. The zero-order valence-corrected chi connectivity index (χ0v) is 22.2. The highest BCUT2D eigenvalue weighted by molar-refractivity contribution is 6.47. The van der Waals surface area contributed by atoms with Crippen LogP contribution in [-0.2, 0) is 18.9 Å². The fraction of sp³-hybridized carbons (Fsp3) is 0.704. The second kappa shape index (κ2) is 9.77. The second-order valence-electron chi connectivity index (χ2n) is 11.9. The fourth-order valence-electron chi connectivity index (χ4n) is 6.62. The Morgan fingerprint density at radius 2 is 1.94 bits per heavy atom. The van der Waals surface area contributed by atoms with E-state index in [1.165, 1.54) is 13.3 Å². The van der Waals surface area contributed by atoms with Crippen molar-refractivity contribution in [2.75, 3.05) is 7.11 Å². The first kappa shape index (κ1) is 26.0. The van der Waals surface area contributed by atoms with Crippen molar-refractivity contribution >= 4 is 18.9 Å². The number of hydrogen-bond donors (Lipinski definition) is 2. The largest absolute Gasteiger partial charge is 0.497 e. The van der Waals surface area contributed by atoms with Crippen LogP contribution >= 0.6 is 0 Å². The molecule has 1 heterocycles. The van der Waals surface area contributed by atoms with Crippen LogP contribution in [0.1, 0.15) is 78.8 Å². The van der Waals surface area contributed by atoms with Crippen LogP contribution in [0.25, 0.3) is 0 Å². The summed E-state index contributed by atoms with van der Waals surface area (Å²) >= 11 is 0. The molecule has 2 N–H and O–H groups in total. The zero-order valence-electron chi connectivity index (χ0n) is 22.2. The minimum absolute atomic E-state index is 0.0692. The predicted molar refractivity (Wildman–Crippen MR) is 136 cm³/mol. The van der Waals surface area contributed by atoms with Gasteiger partial charge < -0.3 is 24.7 Å². The smallest absolute Gasteiger partial charge is 0.481 e. The third kappa shape index (κ3) is 5.10. The van der Waals surface area contributed by atoms with Gasteiger partial charge in [0, 0.05) is 6.92 Å². The molecule has 4 fully saturated rings. The van der Waals surface area contributed by atoms with Gasteiger partial charge in [0.05, 0.1) is 37.2 Å². The van der Waals surface area contributed by atoms with Gasteiger partial charge in [0.25, 0.3) is 0 Å². The Balaban J connectivity index is 1.47. The maximum atomic E-state index is 13.3. The molecule has 7 nitrogen and oxygen atoms in total. The van der Waals surface area contributed by atoms with Crippen LogP contribution in [0.15, 0.2) is 24.3 Å². The van der Waals surface area contributed by atoms with Crippen molar-refractivity contribution in [1.29, 1.82) is 0 Å². The summed E-state index contributed by atoms with van der Waals surface area (Å²) in [5.74, 6) is 1.59. The van der Waals surface area contributed by atoms with Crippen molar-refractivity contribution in [2.45, 2.75) is 90.9 Å². The van der Waals surface area contributed by atoms with Crippen molar-refractivity contribution in [1.82, 2.24) is 10.6 Å². The molecule has 3 aliphatic carbocycles. The molecule has 1 aromatic rings. The molecule has 1 unspecified atom stereocenters. The van der Waals surface area contributed by atoms with Crippen molar-refractivity contribution in [2.24, 2.45) is 23.2 Å². The molecule has 192 valence electrons. The van der Waals surface area contributed by atoms with Gasteiger partial charge in [-0.1, -0.05) is 39.8 Å².